The summed E-state index contributed by atoms with van der Waals surface area (Å²) in [4.78, 5) is -0.231. The number of ether oxygens (including phenoxy) is 1. The van der Waals surface area contributed by atoms with Gasteiger partial charge in [-0.1, -0.05) is 0 Å². The van der Waals surface area contributed by atoms with Crippen molar-refractivity contribution in [2.45, 2.75) is 17.7 Å². The maximum absolute atomic E-state index is 5.42. The lowest BCUT2D eigenvalue weighted by Gasteiger charge is -1.97. The van der Waals surface area contributed by atoms with Gasteiger partial charge in [0.1, 0.15) is 4.84 Å². The second-order valence-corrected chi connectivity index (χ2v) is 2.80. The van der Waals surface area contributed by atoms with Crippen LogP contribution in [-0.2, 0) is 4.74 Å². The summed E-state index contributed by atoms with van der Waals surface area (Å²) in [6.45, 7) is 0.746. The average Bonchev–Trinajstić information content (AvgIpc) is 1.66. The van der Waals surface area contributed by atoms with E-state index in [1.807, 2.05) is 0 Å². The van der Waals surface area contributed by atoms with Gasteiger partial charge in [-0.25, -0.2) is 0 Å². The molecule has 0 saturated heterocycles. The highest BCUT2D eigenvalue weighted by Crippen LogP contribution is 2.08. The van der Waals surface area contributed by atoms with E-state index in [2.05, 4.69) is 0 Å². The molecule has 0 radical (unpaired) electrons. The summed E-state index contributed by atoms with van der Waals surface area (Å²) in [5.74, 6) is 0. The number of rotatable bonds is 4. The van der Waals surface area contributed by atoms with Crippen molar-refractivity contribution in [1.82, 2.24) is 0 Å². The van der Waals surface area contributed by atoms with E-state index in [1.54, 1.807) is 7.11 Å². The van der Waals surface area contributed by atoms with Crippen LogP contribution in [0.25, 0.3) is 0 Å². The van der Waals surface area contributed by atoms with Crippen LogP contribution in [0.5, 0.6) is 0 Å². The van der Waals surface area contributed by atoms with Crippen LogP contribution in [-0.4, -0.2) is 18.6 Å². The lowest BCUT2D eigenvalue weighted by Crippen LogP contribution is -1.92. The molecule has 3 heteroatoms. The van der Waals surface area contributed by atoms with E-state index >= 15 is 0 Å². The first-order valence-electron chi connectivity index (χ1n) is 2.54. The Bertz CT molecular complexity index is 47.7. The summed E-state index contributed by atoms with van der Waals surface area (Å²) in [7, 11) is 1.66. The van der Waals surface area contributed by atoms with E-state index in [1.165, 1.54) is 0 Å². The van der Waals surface area contributed by atoms with E-state index in [9.17, 15) is 0 Å². The molecule has 0 heterocycles. The van der Waals surface area contributed by atoms with Crippen molar-refractivity contribution in [2.24, 2.45) is 0 Å². The topological polar surface area (TPSA) is 9.23 Å². The smallest absolute Gasteiger partial charge is 0.107 e. The van der Waals surface area contributed by atoms with Crippen molar-refractivity contribution in [2.75, 3.05) is 13.7 Å². The largest absolute Gasteiger partial charge is 0.385 e. The van der Waals surface area contributed by atoms with Gasteiger partial charge in [0.15, 0.2) is 0 Å². The van der Waals surface area contributed by atoms with Gasteiger partial charge in [-0.05, 0) is 12.8 Å². The van der Waals surface area contributed by atoms with Crippen LogP contribution in [0.15, 0.2) is 0 Å². The van der Waals surface area contributed by atoms with Crippen LogP contribution in [0.1, 0.15) is 12.8 Å². The molecule has 0 bridgehead atoms. The van der Waals surface area contributed by atoms with Gasteiger partial charge in [0.25, 0.3) is 0 Å². The molecule has 0 unspecified atom stereocenters. The van der Waals surface area contributed by atoms with Crippen LogP contribution in [0.4, 0.5) is 0 Å². The monoisotopic (exact) mass is 156 g/mol. The number of hydrogen-bond donors (Lipinski definition) is 0. The third-order valence-electron chi connectivity index (χ3n) is 0.771. The summed E-state index contributed by atoms with van der Waals surface area (Å²) in [5.41, 5.74) is 0. The zero-order valence-corrected chi connectivity index (χ0v) is 6.37. The predicted octanol–water partition coefficient (Wildman–Crippen LogP) is 2.22. The summed E-state index contributed by atoms with van der Waals surface area (Å²) < 4.78 is 4.77. The van der Waals surface area contributed by atoms with Gasteiger partial charge in [0.2, 0.25) is 0 Å². The lowest BCUT2D eigenvalue weighted by molar-refractivity contribution is 0.194. The van der Waals surface area contributed by atoms with E-state index in [-0.39, 0.29) is 4.84 Å². The standard InChI is InChI=1S/C5H10Cl2O/c1-8-4-2-3-5(6)7/h5H,2-4H2,1H3. The van der Waals surface area contributed by atoms with Crippen molar-refractivity contribution in [3.8, 4) is 0 Å². The molecule has 0 aromatic rings. The molecule has 1 nitrogen and oxygen atoms in total. The van der Waals surface area contributed by atoms with E-state index < -0.39 is 0 Å². The molecule has 0 aliphatic rings. The first-order valence-corrected chi connectivity index (χ1v) is 3.41. The number of halogens is 2. The number of alkyl halides is 2. The van der Waals surface area contributed by atoms with Crippen LogP contribution >= 0.6 is 23.2 Å². The van der Waals surface area contributed by atoms with Gasteiger partial charge >= 0.3 is 0 Å². The third kappa shape index (κ3) is 6.54. The maximum Gasteiger partial charge on any atom is 0.107 e. The Morgan fingerprint density at radius 3 is 2.50 bits per heavy atom. The molecule has 8 heavy (non-hydrogen) atoms. The van der Waals surface area contributed by atoms with E-state index in [0.717, 1.165) is 19.4 Å². The second-order valence-electron chi connectivity index (χ2n) is 1.53. The zero-order chi connectivity index (χ0) is 6.41. The van der Waals surface area contributed by atoms with Crippen LogP contribution in [0.2, 0.25) is 0 Å². The van der Waals surface area contributed by atoms with Gasteiger partial charge in [-0.15, -0.1) is 23.2 Å². The fourth-order valence-corrected chi connectivity index (χ4v) is 0.691. The minimum atomic E-state index is -0.231. The van der Waals surface area contributed by atoms with Gasteiger partial charge < -0.3 is 4.74 Å². The minimum Gasteiger partial charge on any atom is -0.385 e. The fourth-order valence-electron chi connectivity index (χ4n) is 0.382. The molecule has 0 amide bonds. The summed E-state index contributed by atoms with van der Waals surface area (Å²) in [5, 5.41) is 0. The first-order chi connectivity index (χ1) is 3.77. The maximum atomic E-state index is 5.42. The SMILES string of the molecule is COCCCC(Cl)Cl. The molecule has 0 saturated carbocycles. The highest BCUT2D eigenvalue weighted by atomic mass is 35.5. The Morgan fingerprint density at radius 2 is 2.12 bits per heavy atom. The quantitative estimate of drug-likeness (QED) is 0.449. The van der Waals surface area contributed by atoms with Gasteiger partial charge in [-0.2, -0.15) is 0 Å². The molecule has 0 aliphatic carbocycles. The molecule has 0 aromatic carbocycles. The van der Waals surface area contributed by atoms with Crippen LogP contribution in [0.3, 0.4) is 0 Å². The highest BCUT2D eigenvalue weighted by Gasteiger charge is 1.95. The molecule has 50 valence electrons. The van der Waals surface area contributed by atoms with Gasteiger partial charge in [0, 0.05) is 13.7 Å². The fraction of sp³-hybridized carbons (Fsp3) is 1.00. The Kier molecular flexibility index (Phi) is 6.06. The number of methoxy groups -OCH3 is 1. The molecule has 0 aromatic heterocycles. The third-order valence-corrected chi connectivity index (χ3v) is 1.21. The zero-order valence-electron chi connectivity index (χ0n) is 4.86. The minimum absolute atomic E-state index is 0.231. The molecule has 0 fully saturated rings. The van der Waals surface area contributed by atoms with Gasteiger partial charge in [0.05, 0.1) is 0 Å². The summed E-state index contributed by atoms with van der Waals surface area (Å²) in [6.07, 6.45) is 1.76. The van der Waals surface area contributed by atoms with Crippen LogP contribution in [0, 0.1) is 0 Å². The molecule has 0 aliphatic heterocycles. The van der Waals surface area contributed by atoms with Crippen molar-refractivity contribution < 1.29 is 4.74 Å². The van der Waals surface area contributed by atoms with Gasteiger partial charge in [-0.3, -0.25) is 0 Å². The molecule has 0 atom stereocenters. The van der Waals surface area contributed by atoms with Crippen molar-refractivity contribution in [3.63, 3.8) is 0 Å². The van der Waals surface area contributed by atoms with Crippen molar-refractivity contribution in [1.29, 1.82) is 0 Å². The summed E-state index contributed by atoms with van der Waals surface area (Å²) in [6, 6.07) is 0. The summed E-state index contributed by atoms with van der Waals surface area (Å²) >= 11 is 10.8. The van der Waals surface area contributed by atoms with E-state index in [4.69, 9.17) is 27.9 Å². The molecular formula is C5H10Cl2O. The normalized spacial score (nSPS) is 10.5. The predicted molar refractivity (Wildman–Crippen MR) is 36.6 cm³/mol. The van der Waals surface area contributed by atoms with Crippen LogP contribution < -0.4 is 0 Å². The second kappa shape index (κ2) is 5.67. The Morgan fingerprint density at radius 1 is 1.50 bits per heavy atom. The van der Waals surface area contributed by atoms with Crippen molar-refractivity contribution >= 4 is 23.2 Å². The molecule has 0 rings (SSSR count). The Labute approximate surface area is 59.9 Å². The molecular weight excluding hydrogens is 147 g/mol. The molecule has 0 spiro atoms. The molecule has 0 N–H and O–H groups in total. The van der Waals surface area contributed by atoms with Crippen molar-refractivity contribution in [3.05, 3.63) is 0 Å². The first kappa shape index (κ1) is 8.54. The highest BCUT2D eigenvalue weighted by molar-refractivity contribution is 6.44. The number of hydrogen-bond acceptors (Lipinski definition) is 1. The van der Waals surface area contributed by atoms with E-state index in [0.29, 0.717) is 0 Å². The Balaban J connectivity index is 2.72. The lowest BCUT2D eigenvalue weighted by atomic mass is 10.4. The average molecular weight is 157 g/mol. The Hall–Kier alpha value is 0.540.